The highest BCUT2D eigenvalue weighted by Gasteiger charge is 2.14. The van der Waals surface area contributed by atoms with Gasteiger partial charge < -0.3 is 9.88 Å². The van der Waals surface area contributed by atoms with Crippen molar-refractivity contribution in [3.05, 3.63) is 51.9 Å². The molecule has 0 spiro atoms. The van der Waals surface area contributed by atoms with Gasteiger partial charge in [-0.3, -0.25) is 9.59 Å². The van der Waals surface area contributed by atoms with Crippen LogP contribution in [0.15, 0.2) is 40.5 Å². The molecule has 0 atom stereocenters. The number of thioether (sulfide) groups is 1. The highest BCUT2D eigenvalue weighted by atomic mass is 32.2. The predicted molar refractivity (Wildman–Crippen MR) is 110 cm³/mol. The maximum Gasteiger partial charge on any atom is 0.260 e. The molecule has 0 saturated carbocycles. The lowest BCUT2D eigenvalue weighted by Crippen LogP contribution is -2.34. The van der Waals surface area contributed by atoms with Crippen molar-refractivity contribution < 1.29 is 4.79 Å². The van der Waals surface area contributed by atoms with E-state index in [-0.39, 0.29) is 17.5 Å². The minimum absolute atomic E-state index is 0.0795. The number of aromatic amines is 1. The van der Waals surface area contributed by atoms with Gasteiger partial charge >= 0.3 is 0 Å². The number of thiophene rings is 1. The minimum atomic E-state index is -0.128. The van der Waals surface area contributed by atoms with Crippen molar-refractivity contribution in [2.75, 3.05) is 12.8 Å². The summed E-state index contributed by atoms with van der Waals surface area (Å²) in [4.78, 5) is 34.5. The van der Waals surface area contributed by atoms with Gasteiger partial charge in [-0.15, -0.1) is 23.1 Å². The average Bonchev–Trinajstić information content (AvgIpc) is 3.06. The fourth-order valence-electron chi connectivity index (χ4n) is 2.52. The molecule has 0 aliphatic rings. The molecule has 136 valence electrons. The number of fused-ring (bicyclic) bond motifs is 1. The maximum absolute atomic E-state index is 12.6. The number of hydrogen-bond acceptors (Lipinski definition) is 5. The minimum Gasteiger partial charge on any atom is -0.343 e. The van der Waals surface area contributed by atoms with Gasteiger partial charge in [-0.2, -0.15) is 0 Å². The number of H-pyrrole nitrogens is 1. The molecule has 1 amide bonds. The third-order valence-corrected chi connectivity index (χ3v) is 6.01. The molecule has 7 heteroatoms. The summed E-state index contributed by atoms with van der Waals surface area (Å²) in [6.07, 6.45) is 0. The Hall–Kier alpha value is -2.12. The monoisotopic (exact) mass is 387 g/mol. The average molecular weight is 388 g/mol. The Balaban J connectivity index is 1.76. The summed E-state index contributed by atoms with van der Waals surface area (Å²) < 4.78 is 0. The zero-order valence-corrected chi connectivity index (χ0v) is 16.6. The van der Waals surface area contributed by atoms with Crippen molar-refractivity contribution in [1.82, 2.24) is 14.9 Å². The Morgan fingerprint density at radius 3 is 2.73 bits per heavy atom. The second-order valence-electron chi connectivity index (χ2n) is 6.30. The zero-order valence-electron chi connectivity index (χ0n) is 15.0. The lowest BCUT2D eigenvalue weighted by atomic mass is 10.1. The van der Waals surface area contributed by atoms with Gasteiger partial charge in [0.15, 0.2) is 0 Å². The van der Waals surface area contributed by atoms with E-state index in [2.05, 4.69) is 9.97 Å². The molecule has 0 saturated heterocycles. The van der Waals surface area contributed by atoms with Crippen LogP contribution in [0.3, 0.4) is 0 Å². The van der Waals surface area contributed by atoms with Crippen LogP contribution in [-0.2, 0) is 10.5 Å². The Bertz CT molecular complexity index is 964. The lowest BCUT2D eigenvalue weighted by molar-refractivity contribution is -0.128. The number of carbonyl (C=O) groups is 1. The first-order valence-corrected chi connectivity index (χ1v) is 10.4. The SMILES string of the molecule is CC(C)N(C)C(=O)CSCc1nc2scc(-c3ccccc3)c2c(=O)[nH]1. The van der Waals surface area contributed by atoms with Gasteiger partial charge in [0, 0.05) is 24.0 Å². The van der Waals surface area contributed by atoms with Crippen molar-refractivity contribution in [2.24, 2.45) is 0 Å². The number of aromatic nitrogens is 2. The topological polar surface area (TPSA) is 66.1 Å². The van der Waals surface area contributed by atoms with Crippen LogP contribution in [0.25, 0.3) is 21.3 Å². The molecule has 1 aromatic carbocycles. The van der Waals surface area contributed by atoms with Crippen molar-refractivity contribution in [3.8, 4) is 11.1 Å². The van der Waals surface area contributed by atoms with Gasteiger partial charge in [-0.1, -0.05) is 30.3 Å². The van der Waals surface area contributed by atoms with Gasteiger partial charge in [0.25, 0.3) is 5.56 Å². The third kappa shape index (κ3) is 3.99. The van der Waals surface area contributed by atoms with Crippen LogP contribution in [0, 0.1) is 0 Å². The molecule has 1 N–H and O–H groups in total. The second-order valence-corrected chi connectivity index (χ2v) is 8.14. The number of carbonyl (C=O) groups excluding carboxylic acids is 1. The molecule has 3 rings (SSSR count). The van der Waals surface area contributed by atoms with E-state index < -0.39 is 0 Å². The standard InChI is InChI=1S/C19H21N3O2S2/c1-12(2)22(3)16(23)11-25-10-15-20-18(24)17-14(9-26-19(17)21-15)13-7-5-4-6-8-13/h4-9,12H,10-11H2,1-3H3,(H,20,21,24). The summed E-state index contributed by atoms with van der Waals surface area (Å²) in [6.45, 7) is 3.97. The van der Waals surface area contributed by atoms with Crippen LogP contribution in [0.1, 0.15) is 19.7 Å². The molecule has 0 aliphatic heterocycles. The molecule has 2 heterocycles. The van der Waals surface area contributed by atoms with Gasteiger partial charge in [-0.25, -0.2) is 4.98 Å². The molecule has 3 aromatic rings. The van der Waals surface area contributed by atoms with Crippen LogP contribution in [0.2, 0.25) is 0 Å². The largest absolute Gasteiger partial charge is 0.343 e. The van der Waals surface area contributed by atoms with E-state index in [1.54, 1.807) is 11.9 Å². The lowest BCUT2D eigenvalue weighted by Gasteiger charge is -2.21. The van der Waals surface area contributed by atoms with E-state index in [0.29, 0.717) is 22.7 Å². The Kier molecular flexibility index (Phi) is 5.78. The first-order chi connectivity index (χ1) is 12.5. The Morgan fingerprint density at radius 2 is 2.04 bits per heavy atom. The van der Waals surface area contributed by atoms with Crippen LogP contribution in [0.4, 0.5) is 0 Å². The summed E-state index contributed by atoms with van der Waals surface area (Å²) in [5, 5.41) is 2.60. The maximum atomic E-state index is 12.6. The van der Waals surface area contributed by atoms with E-state index in [9.17, 15) is 9.59 Å². The van der Waals surface area contributed by atoms with Gasteiger partial charge in [0.05, 0.1) is 16.9 Å². The van der Waals surface area contributed by atoms with Crippen molar-refractivity contribution in [2.45, 2.75) is 25.6 Å². The summed E-state index contributed by atoms with van der Waals surface area (Å²) in [5.41, 5.74) is 1.79. The predicted octanol–water partition coefficient (Wildman–Crippen LogP) is 3.75. The Morgan fingerprint density at radius 1 is 1.31 bits per heavy atom. The molecule has 2 aromatic heterocycles. The molecule has 26 heavy (non-hydrogen) atoms. The molecular formula is C19H21N3O2S2. The van der Waals surface area contributed by atoms with Crippen molar-refractivity contribution >= 4 is 39.2 Å². The summed E-state index contributed by atoms with van der Waals surface area (Å²) in [5.74, 6) is 1.56. The molecule has 0 radical (unpaired) electrons. The molecule has 0 fully saturated rings. The highest BCUT2D eigenvalue weighted by molar-refractivity contribution is 7.99. The number of hydrogen-bond donors (Lipinski definition) is 1. The molecule has 5 nitrogen and oxygen atoms in total. The second kappa shape index (κ2) is 8.05. The van der Waals surface area contributed by atoms with Crippen molar-refractivity contribution in [3.63, 3.8) is 0 Å². The number of benzene rings is 1. The number of nitrogens with one attached hydrogen (secondary N) is 1. The van der Waals surface area contributed by atoms with E-state index in [1.165, 1.54) is 23.1 Å². The zero-order chi connectivity index (χ0) is 18.7. The summed E-state index contributed by atoms with van der Waals surface area (Å²) in [6, 6.07) is 10.0. The quantitative estimate of drug-likeness (QED) is 0.699. The van der Waals surface area contributed by atoms with E-state index >= 15 is 0 Å². The highest BCUT2D eigenvalue weighted by Crippen LogP contribution is 2.30. The molecular weight excluding hydrogens is 366 g/mol. The van der Waals surface area contributed by atoms with Gasteiger partial charge in [0.1, 0.15) is 10.7 Å². The van der Waals surface area contributed by atoms with Gasteiger partial charge in [-0.05, 0) is 19.4 Å². The van der Waals surface area contributed by atoms with Crippen LogP contribution >= 0.6 is 23.1 Å². The van der Waals surface area contributed by atoms with Crippen LogP contribution in [-0.4, -0.2) is 39.6 Å². The van der Waals surface area contributed by atoms with E-state index in [0.717, 1.165) is 16.0 Å². The fraction of sp³-hybridized carbons (Fsp3) is 0.316. The van der Waals surface area contributed by atoms with Gasteiger partial charge in [0.2, 0.25) is 5.91 Å². The van der Waals surface area contributed by atoms with Crippen LogP contribution in [0.5, 0.6) is 0 Å². The first kappa shape index (κ1) is 18.7. The van der Waals surface area contributed by atoms with E-state index in [4.69, 9.17) is 0 Å². The van der Waals surface area contributed by atoms with Crippen LogP contribution < -0.4 is 5.56 Å². The van der Waals surface area contributed by atoms with Crippen molar-refractivity contribution in [1.29, 1.82) is 0 Å². The third-order valence-electron chi connectivity index (χ3n) is 4.21. The Labute approximate surface area is 160 Å². The number of amides is 1. The normalized spacial score (nSPS) is 11.2. The molecule has 0 aliphatic carbocycles. The fourth-order valence-corrected chi connectivity index (χ4v) is 4.29. The van der Waals surface area contributed by atoms with E-state index in [1.807, 2.05) is 49.6 Å². The first-order valence-electron chi connectivity index (χ1n) is 8.36. The smallest absolute Gasteiger partial charge is 0.260 e. The summed E-state index contributed by atoms with van der Waals surface area (Å²) in [7, 11) is 1.80. The summed E-state index contributed by atoms with van der Waals surface area (Å²) >= 11 is 2.93. The number of rotatable bonds is 6. The molecule has 0 unspecified atom stereocenters. The molecule has 0 bridgehead atoms. The number of nitrogens with zero attached hydrogens (tertiary/aromatic N) is 2.